The lowest BCUT2D eigenvalue weighted by atomic mass is 10.0. The Hall–Kier alpha value is -0.433. The molecule has 0 aliphatic rings. The fourth-order valence-electron chi connectivity index (χ4n) is 1.86. The Labute approximate surface area is 142 Å². The van der Waals surface area contributed by atoms with Gasteiger partial charge in [-0.3, -0.25) is 0 Å². The molecule has 0 saturated carbocycles. The second-order valence-electron chi connectivity index (χ2n) is 8.69. The molecule has 0 unspecified atom stereocenters. The predicted molar refractivity (Wildman–Crippen MR) is 95.0 cm³/mol. The molecule has 6 heteroatoms. The van der Waals surface area contributed by atoms with Crippen LogP contribution in [0.1, 0.15) is 48.5 Å². The molecule has 0 aliphatic heterocycles. The van der Waals surface area contributed by atoms with Crippen LogP contribution in [0.2, 0.25) is 18.1 Å². The van der Waals surface area contributed by atoms with Crippen molar-refractivity contribution in [1.29, 1.82) is 0 Å². The zero-order chi connectivity index (χ0) is 18.6. The molecule has 0 spiro atoms. The maximum atomic E-state index is 12.7. The summed E-state index contributed by atoms with van der Waals surface area (Å²) in [7, 11) is -0.675. The highest BCUT2D eigenvalue weighted by molar-refractivity contribution is 6.74. The third-order valence-electron chi connectivity index (χ3n) is 4.29. The molecule has 138 valence electrons. The van der Waals surface area contributed by atoms with Gasteiger partial charge in [-0.15, -0.1) is 0 Å². The second-order valence-corrected chi connectivity index (χ2v) is 13.4. The predicted octanol–water partition coefficient (Wildman–Crippen LogP) is 3.36. The van der Waals surface area contributed by atoms with Gasteiger partial charge in [0.2, 0.25) is 0 Å². The van der Waals surface area contributed by atoms with E-state index in [-0.39, 0.29) is 17.6 Å². The minimum absolute atomic E-state index is 0.0476. The van der Waals surface area contributed by atoms with Crippen molar-refractivity contribution in [2.45, 2.75) is 84.4 Å². The fraction of sp³-hybridized carbons (Fsp3) is 0.941. The van der Waals surface area contributed by atoms with Crippen LogP contribution >= 0.6 is 0 Å². The Bertz CT molecular complexity index is 381. The number of ether oxygens (including phenoxy) is 2. The molecule has 0 heterocycles. The summed E-state index contributed by atoms with van der Waals surface area (Å²) >= 11 is 0. The highest BCUT2D eigenvalue weighted by Gasteiger charge is 2.45. The number of carbonyl (C=O) groups is 1. The molecule has 5 nitrogen and oxygen atoms in total. The van der Waals surface area contributed by atoms with Gasteiger partial charge in [0, 0.05) is 19.6 Å². The molecule has 0 rings (SSSR count). The van der Waals surface area contributed by atoms with Crippen LogP contribution in [0.25, 0.3) is 0 Å². The van der Waals surface area contributed by atoms with Crippen LogP contribution < -0.4 is 0 Å². The van der Waals surface area contributed by atoms with Crippen molar-refractivity contribution in [2.75, 3.05) is 13.7 Å². The van der Waals surface area contributed by atoms with E-state index in [1.165, 1.54) is 7.11 Å². The van der Waals surface area contributed by atoms with Crippen molar-refractivity contribution < 1.29 is 23.8 Å². The first-order valence-corrected chi connectivity index (χ1v) is 11.1. The molecule has 1 N–H and O–H groups in total. The number of hydrogen-bond donors (Lipinski definition) is 1. The van der Waals surface area contributed by atoms with Gasteiger partial charge in [-0.2, -0.15) is 0 Å². The van der Waals surface area contributed by atoms with E-state index >= 15 is 0 Å². The quantitative estimate of drug-likeness (QED) is 0.564. The van der Waals surface area contributed by atoms with Crippen molar-refractivity contribution in [2.24, 2.45) is 5.92 Å². The zero-order valence-corrected chi connectivity index (χ0v) is 17.5. The van der Waals surface area contributed by atoms with E-state index in [0.717, 1.165) is 0 Å². The second kappa shape index (κ2) is 8.10. The average molecular weight is 349 g/mol. The van der Waals surface area contributed by atoms with Gasteiger partial charge in [-0.1, -0.05) is 27.7 Å². The molecular weight excluding hydrogens is 312 g/mol. The molecule has 0 aliphatic carbocycles. The summed E-state index contributed by atoms with van der Waals surface area (Å²) in [6.45, 7) is 17.7. The van der Waals surface area contributed by atoms with Gasteiger partial charge in [0.05, 0.1) is 6.10 Å². The first-order chi connectivity index (χ1) is 10.2. The molecular formula is C17H36O5Si. The smallest absolute Gasteiger partial charge is 0.337 e. The van der Waals surface area contributed by atoms with Gasteiger partial charge < -0.3 is 19.0 Å². The summed E-state index contributed by atoms with van der Waals surface area (Å²) in [5.74, 6) is -0.670. The van der Waals surface area contributed by atoms with Gasteiger partial charge in [0.15, 0.2) is 14.4 Å². The lowest BCUT2D eigenvalue weighted by Gasteiger charge is -2.41. The lowest BCUT2D eigenvalue weighted by Crippen LogP contribution is -2.53. The molecule has 0 radical (unpaired) electrons. The number of methoxy groups -OCH3 is 1. The van der Waals surface area contributed by atoms with Crippen molar-refractivity contribution in [3.05, 3.63) is 0 Å². The van der Waals surface area contributed by atoms with Crippen LogP contribution in [-0.4, -0.2) is 50.9 Å². The van der Waals surface area contributed by atoms with Crippen LogP contribution in [0.4, 0.5) is 0 Å². The molecule has 0 bridgehead atoms. The number of aliphatic hydroxyl groups is 1. The van der Waals surface area contributed by atoms with Crippen LogP contribution in [0.5, 0.6) is 0 Å². The van der Waals surface area contributed by atoms with E-state index in [1.807, 2.05) is 27.7 Å². The summed E-state index contributed by atoms with van der Waals surface area (Å²) < 4.78 is 17.3. The number of hydrogen-bond acceptors (Lipinski definition) is 5. The third-order valence-corrected chi connectivity index (χ3v) is 8.74. The minimum atomic E-state index is -2.21. The maximum absolute atomic E-state index is 12.7. The van der Waals surface area contributed by atoms with Crippen LogP contribution in [0.15, 0.2) is 0 Å². The number of aliphatic hydroxyl groups excluding tert-OH is 1. The minimum Gasteiger partial charge on any atom is -0.458 e. The largest absolute Gasteiger partial charge is 0.458 e. The zero-order valence-electron chi connectivity index (χ0n) is 16.5. The van der Waals surface area contributed by atoms with Crippen molar-refractivity contribution in [3.8, 4) is 0 Å². The molecule has 23 heavy (non-hydrogen) atoms. The third kappa shape index (κ3) is 6.91. The van der Waals surface area contributed by atoms with E-state index in [2.05, 4.69) is 33.9 Å². The summed E-state index contributed by atoms with van der Waals surface area (Å²) in [5, 5.41) is 9.43. The summed E-state index contributed by atoms with van der Waals surface area (Å²) in [4.78, 5) is 12.7. The van der Waals surface area contributed by atoms with E-state index in [0.29, 0.717) is 0 Å². The molecule has 0 saturated heterocycles. The number of rotatable bonds is 7. The van der Waals surface area contributed by atoms with Gasteiger partial charge in [0.1, 0.15) is 5.60 Å². The van der Waals surface area contributed by atoms with E-state index in [9.17, 15) is 9.90 Å². The number of carbonyl (C=O) groups excluding carboxylic acids is 1. The first-order valence-electron chi connectivity index (χ1n) is 8.20. The van der Waals surface area contributed by atoms with Crippen LogP contribution in [0.3, 0.4) is 0 Å². The Morgan fingerprint density at radius 3 is 1.91 bits per heavy atom. The summed E-state index contributed by atoms with van der Waals surface area (Å²) in [6.07, 6.45) is -1.40. The topological polar surface area (TPSA) is 65.0 Å². The molecule has 0 fully saturated rings. The first kappa shape index (κ1) is 22.6. The van der Waals surface area contributed by atoms with E-state index < -0.39 is 32.1 Å². The van der Waals surface area contributed by atoms with Crippen molar-refractivity contribution in [1.82, 2.24) is 0 Å². The molecule has 0 aromatic carbocycles. The van der Waals surface area contributed by atoms with Crippen LogP contribution in [-0.2, 0) is 18.7 Å². The monoisotopic (exact) mass is 348 g/mol. The normalized spacial score (nSPS) is 17.5. The van der Waals surface area contributed by atoms with Crippen molar-refractivity contribution in [3.63, 3.8) is 0 Å². The Morgan fingerprint density at radius 2 is 1.61 bits per heavy atom. The Morgan fingerprint density at radius 1 is 1.13 bits per heavy atom. The van der Waals surface area contributed by atoms with E-state index in [1.54, 1.807) is 0 Å². The SMILES string of the molecule is CO[C@@H]([C@H](C)CO)[C@@H](O[Si](C)(C)C(C)(C)C)C(=O)OC(C)(C)C. The maximum Gasteiger partial charge on any atom is 0.337 e. The fourth-order valence-corrected chi connectivity index (χ4v) is 3.08. The Kier molecular flexibility index (Phi) is 7.94. The highest BCUT2D eigenvalue weighted by Crippen LogP contribution is 2.38. The molecule has 0 amide bonds. The average Bonchev–Trinajstić information content (AvgIpc) is 2.34. The van der Waals surface area contributed by atoms with Crippen molar-refractivity contribution >= 4 is 14.3 Å². The van der Waals surface area contributed by atoms with E-state index in [4.69, 9.17) is 13.9 Å². The summed E-state index contributed by atoms with van der Waals surface area (Å²) in [5.41, 5.74) is -0.604. The lowest BCUT2D eigenvalue weighted by molar-refractivity contribution is -0.173. The van der Waals surface area contributed by atoms with Crippen LogP contribution in [0, 0.1) is 5.92 Å². The standard InChI is InChI=1S/C17H36O5Si/c1-12(11-18)13(20-8)14(15(19)21-16(2,3)4)22-23(9,10)17(5,6)7/h12-14,18H,11H2,1-10H3/t12-,13+,14-/m1/s1. The number of esters is 1. The summed E-state index contributed by atoms with van der Waals surface area (Å²) in [6, 6.07) is 0. The van der Waals surface area contributed by atoms with Gasteiger partial charge in [0.25, 0.3) is 0 Å². The highest BCUT2D eigenvalue weighted by atomic mass is 28.4. The van der Waals surface area contributed by atoms with Gasteiger partial charge >= 0.3 is 5.97 Å². The molecule has 0 aromatic rings. The molecule has 3 atom stereocenters. The Balaban J connectivity index is 5.58. The van der Waals surface area contributed by atoms with Gasteiger partial charge in [-0.05, 0) is 38.9 Å². The van der Waals surface area contributed by atoms with Gasteiger partial charge in [-0.25, -0.2) is 4.79 Å². The molecule has 0 aromatic heterocycles.